The molecule has 0 aliphatic heterocycles. The van der Waals surface area contributed by atoms with Gasteiger partial charge in [0.1, 0.15) is 0 Å². The Morgan fingerprint density at radius 3 is 2.00 bits per heavy atom. The topological polar surface area (TPSA) is 46.1 Å². The first-order valence-electron chi connectivity index (χ1n) is 2.83. The molecule has 0 bridgehead atoms. The minimum absolute atomic E-state index is 0.187. The lowest BCUT2D eigenvalue weighted by Crippen LogP contribution is -2.26. The zero-order valence-corrected chi connectivity index (χ0v) is 5.33. The van der Waals surface area contributed by atoms with Crippen LogP contribution >= 0.6 is 0 Å². The fourth-order valence-corrected chi connectivity index (χ4v) is 0.641. The SMILES string of the molecule is C=c1ccc(=C([O-])[O-])cc1. The van der Waals surface area contributed by atoms with Crippen LogP contribution in [0.2, 0.25) is 0 Å². The fraction of sp³-hybridized carbons (Fsp3) is 0. The zero-order valence-electron chi connectivity index (χ0n) is 5.33. The van der Waals surface area contributed by atoms with Gasteiger partial charge in [-0.15, -0.1) is 0 Å². The van der Waals surface area contributed by atoms with E-state index in [4.69, 9.17) is 0 Å². The Labute approximate surface area is 58.4 Å². The number of hydrogen-bond acceptors (Lipinski definition) is 2. The van der Waals surface area contributed by atoms with Crippen LogP contribution in [0.15, 0.2) is 24.3 Å². The predicted molar refractivity (Wildman–Crippen MR) is 34.6 cm³/mol. The molecule has 2 heteroatoms. The molecular formula is C8H6O2-2. The van der Waals surface area contributed by atoms with Gasteiger partial charge in [0.05, 0.1) is 0 Å². The molecular weight excluding hydrogens is 128 g/mol. The van der Waals surface area contributed by atoms with Crippen LogP contribution in [0.1, 0.15) is 0 Å². The molecule has 0 unspecified atom stereocenters. The van der Waals surface area contributed by atoms with Crippen molar-refractivity contribution in [2.24, 2.45) is 0 Å². The number of rotatable bonds is 0. The smallest absolute Gasteiger partial charge is 0.0328 e. The molecule has 0 saturated carbocycles. The van der Waals surface area contributed by atoms with E-state index in [-0.39, 0.29) is 5.22 Å². The van der Waals surface area contributed by atoms with Crippen molar-refractivity contribution in [2.75, 3.05) is 0 Å². The molecule has 0 aliphatic rings. The van der Waals surface area contributed by atoms with E-state index < -0.39 is 5.95 Å². The maximum atomic E-state index is 10.2. The predicted octanol–water partition coefficient (Wildman–Crippen LogP) is -2.12. The van der Waals surface area contributed by atoms with E-state index >= 15 is 0 Å². The third kappa shape index (κ3) is 1.29. The van der Waals surface area contributed by atoms with Crippen molar-refractivity contribution in [3.63, 3.8) is 0 Å². The minimum Gasteiger partial charge on any atom is -0.884 e. The summed E-state index contributed by atoms with van der Waals surface area (Å²) in [5, 5.41) is 21.3. The van der Waals surface area contributed by atoms with Gasteiger partial charge in [-0.1, -0.05) is 30.8 Å². The highest BCUT2D eigenvalue weighted by molar-refractivity contribution is 5.22. The normalized spacial score (nSPS) is 9.20. The molecule has 2 nitrogen and oxygen atoms in total. The summed E-state index contributed by atoms with van der Waals surface area (Å²) in [5.41, 5.74) is 0. The Kier molecular flexibility index (Phi) is 1.63. The van der Waals surface area contributed by atoms with E-state index in [1.807, 2.05) is 0 Å². The van der Waals surface area contributed by atoms with Crippen molar-refractivity contribution < 1.29 is 10.2 Å². The van der Waals surface area contributed by atoms with Gasteiger partial charge in [-0.3, -0.25) is 0 Å². The molecule has 52 valence electrons. The first kappa shape index (κ1) is 6.68. The number of hydrogen-bond donors (Lipinski definition) is 0. The summed E-state index contributed by atoms with van der Waals surface area (Å²) < 4.78 is 0. The van der Waals surface area contributed by atoms with Crippen molar-refractivity contribution >= 4 is 12.5 Å². The summed E-state index contributed by atoms with van der Waals surface area (Å²) in [7, 11) is 0. The molecule has 0 atom stereocenters. The first-order chi connectivity index (χ1) is 4.70. The van der Waals surface area contributed by atoms with Gasteiger partial charge < -0.3 is 10.2 Å². The monoisotopic (exact) mass is 134 g/mol. The van der Waals surface area contributed by atoms with Crippen molar-refractivity contribution in [3.05, 3.63) is 34.7 Å². The molecule has 0 spiro atoms. The van der Waals surface area contributed by atoms with Gasteiger partial charge in [0.15, 0.2) is 0 Å². The van der Waals surface area contributed by atoms with Crippen LogP contribution in [0.25, 0.3) is 12.5 Å². The first-order valence-corrected chi connectivity index (χ1v) is 2.83. The van der Waals surface area contributed by atoms with Gasteiger partial charge in [0, 0.05) is 0 Å². The zero-order chi connectivity index (χ0) is 7.56. The average Bonchev–Trinajstić information content (AvgIpc) is 1.88. The third-order valence-corrected chi connectivity index (χ3v) is 1.19. The summed E-state index contributed by atoms with van der Waals surface area (Å²) in [5.74, 6) is -1.15. The molecule has 0 N–H and O–H groups in total. The van der Waals surface area contributed by atoms with Crippen LogP contribution in [0.4, 0.5) is 0 Å². The second-order valence-electron chi connectivity index (χ2n) is 1.98. The molecule has 0 aromatic heterocycles. The Hall–Kier alpha value is -1.44. The second kappa shape index (κ2) is 2.43. The highest BCUT2D eigenvalue weighted by Gasteiger charge is 1.72. The van der Waals surface area contributed by atoms with Gasteiger partial charge in [-0.05, 0) is 10.4 Å². The summed E-state index contributed by atoms with van der Waals surface area (Å²) in [4.78, 5) is 0. The summed E-state index contributed by atoms with van der Waals surface area (Å²) in [6.45, 7) is 3.61. The van der Waals surface area contributed by atoms with Gasteiger partial charge in [-0.2, -0.15) is 5.95 Å². The van der Waals surface area contributed by atoms with E-state index in [0.717, 1.165) is 5.22 Å². The molecule has 1 rings (SSSR count). The molecule has 1 aromatic carbocycles. The summed E-state index contributed by atoms with van der Waals surface area (Å²) in [6.07, 6.45) is 0. The lowest BCUT2D eigenvalue weighted by molar-refractivity contribution is -0.435. The molecule has 0 fully saturated rings. The Morgan fingerprint density at radius 2 is 1.60 bits per heavy atom. The van der Waals surface area contributed by atoms with Crippen LogP contribution < -0.4 is 20.7 Å². The minimum atomic E-state index is -1.15. The van der Waals surface area contributed by atoms with Crippen LogP contribution in [-0.2, 0) is 0 Å². The van der Waals surface area contributed by atoms with E-state index in [0.29, 0.717) is 0 Å². The number of benzene rings is 1. The van der Waals surface area contributed by atoms with E-state index in [9.17, 15) is 10.2 Å². The lowest BCUT2D eigenvalue weighted by Gasteiger charge is -2.16. The van der Waals surface area contributed by atoms with Gasteiger partial charge in [-0.25, -0.2) is 0 Å². The van der Waals surface area contributed by atoms with Crippen molar-refractivity contribution in [3.8, 4) is 0 Å². The molecule has 0 saturated heterocycles. The van der Waals surface area contributed by atoms with Gasteiger partial charge in [0.2, 0.25) is 0 Å². The fourth-order valence-electron chi connectivity index (χ4n) is 0.641. The van der Waals surface area contributed by atoms with Crippen molar-refractivity contribution in [1.29, 1.82) is 0 Å². The van der Waals surface area contributed by atoms with Crippen LogP contribution in [-0.4, -0.2) is 0 Å². The Balaban J connectivity index is 3.39. The highest BCUT2D eigenvalue weighted by atomic mass is 16.5. The van der Waals surface area contributed by atoms with Crippen molar-refractivity contribution in [2.45, 2.75) is 0 Å². The summed E-state index contributed by atoms with van der Waals surface area (Å²) >= 11 is 0. The maximum absolute atomic E-state index is 10.2. The lowest BCUT2D eigenvalue weighted by atomic mass is 10.3. The molecule has 1 aromatic rings. The van der Waals surface area contributed by atoms with Gasteiger partial charge >= 0.3 is 0 Å². The van der Waals surface area contributed by atoms with Crippen molar-refractivity contribution in [1.82, 2.24) is 0 Å². The molecule has 0 aliphatic carbocycles. The van der Waals surface area contributed by atoms with E-state index in [2.05, 4.69) is 6.58 Å². The summed E-state index contributed by atoms with van der Waals surface area (Å²) in [6, 6.07) is 6.20. The second-order valence-corrected chi connectivity index (χ2v) is 1.98. The van der Waals surface area contributed by atoms with Crippen LogP contribution in [0.3, 0.4) is 0 Å². The largest absolute Gasteiger partial charge is 0.884 e. The maximum Gasteiger partial charge on any atom is -0.0328 e. The Morgan fingerprint density at radius 1 is 1.10 bits per heavy atom. The standard InChI is InChI=1S/C8H8O2/c1-6-2-4-7(5-3-6)8(9)10/h2-5,9-10H,1H2/p-2. The third-order valence-electron chi connectivity index (χ3n) is 1.19. The van der Waals surface area contributed by atoms with E-state index in [1.54, 1.807) is 12.1 Å². The quantitative estimate of drug-likeness (QED) is 0.407. The van der Waals surface area contributed by atoms with Crippen LogP contribution in [0.5, 0.6) is 0 Å². The molecule has 0 radical (unpaired) electrons. The van der Waals surface area contributed by atoms with Gasteiger partial charge in [0.25, 0.3) is 0 Å². The Bertz CT molecular complexity index is 300. The average molecular weight is 134 g/mol. The molecule has 0 amide bonds. The molecule has 10 heavy (non-hydrogen) atoms. The molecule has 0 heterocycles. The van der Waals surface area contributed by atoms with E-state index in [1.165, 1.54) is 12.1 Å². The highest BCUT2D eigenvalue weighted by Crippen LogP contribution is 1.67. The van der Waals surface area contributed by atoms with Crippen LogP contribution in [0, 0.1) is 0 Å².